The fourth-order valence-electron chi connectivity index (χ4n) is 3.29. The fraction of sp³-hybridized carbons (Fsp3) is 0.389. The van der Waals surface area contributed by atoms with Crippen molar-refractivity contribution in [2.75, 3.05) is 30.4 Å². The van der Waals surface area contributed by atoms with Crippen LogP contribution in [0.5, 0.6) is 5.75 Å². The SMILES string of the molecule is COc1ccccc1NC1CCN(c2ccc3nnc(C)n3n2)CC1. The second-order valence-electron chi connectivity index (χ2n) is 6.31. The number of fused-ring (bicyclic) bond motifs is 1. The minimum Gasteiger partial charge on any atom is -0.495 e. The van der Waals surface area contributed by atoms with Crippen LogP contribution in [0.15, 0.2) is 36.4 Å². The third-order valence-corrected chi connectivity index (χ3v) is 4.69. The molecular formula is C18H22N6O. The molecule has 2 aromatic heterocycles. The van der Waals surface area contributed by atoms with Gasteiger partial charge in [0, 0.05) is 19.1 Å². The molecule has 0 saturated carbocycles. The first-order chi connectivity index (χ1) is 12.2. The molecule has 0 radical (unpaired) electrons. The topological polar surface area (TPSA) is 67.6 Å². The van der Waals surface area contributed by atoms with Crippen molar-refractivity contribution in [1.29, 1.82) is 0 Å². The minimum absolute atomic E-state index is 0.438. The van der Waals surface area contributed by atoms with E-state index in [1.165, 1.54) is 0 Å². The van der Waals surface area contributed by atoms with E-state index < -0.39 is 0 Å². The average molecular weight is 338 g/mol. The van der Waals surface area contributed by atoms with Crippen LogP contribution in [0.4, 0.5) is 11.5 Å². The van der Waals surface area contributed by atoms with E-state index in [4.69, 9.17) is 4.74 Å². The number of aromatic nitrogens is 4. The predicted octanol–water partition coefficient (Wildman–Crippen LogP) is 2.52. The van der Waals surface area contributed by atoms with Crippen molar-refractivity contribution in [2.45, 2.75) is 25.8 Å². The maximum absolute atomic E-state index is 5.42. The number of anilines is 2. The van der Waals surface area contributed by atoms with E-state index in [0.717, 1.165) is 54.7 Å². The maximum Gasteiger partial charge on any atom is 0.178 e. The standard InChI is InChI=1S/C18H22N6O/c1-13-20-21-17-7-8-18(22-24(13)17)23-11-9-14(10-12-23)19-15-5-3-4-6-16(15)25-2/h3-8,14,19H,9-12H2,1-2H3. The van der Waals surface area contributed by atoms with Crippen LogP contribution in [0.25, 0.3) is 5.65 Å². The van der Waals surface area contributed by atoms with Gasteiger partial charge in [0.1, 0.15) is 11.6 Å². The average Bonchev–Trinajstić information content (AvgIpc) is 3.03. The molecule has 0 atom stereocenters. The lowest BCUT2D eigenvalue weighted by atomic mass is 10.0. The Morgan fingerprint density at radius 3 is 2.68 bits per heavy atom. The number of hydrogen-bond acceptors (Lipinski definition) is 6. The molecular weight excluding hydrogens is 316 g/mol. The number of nitrogens with zero attached hydrogens (tertiary/aromatic N) is 5. The van der Waals surface area contributed by atoms with Crippen LogP contribution in [0.3, 0.4) is 0 Å². The molecule has 4 rings (SSSR count). The second-order valence-corrected chi connectivity index (χ2v) is 6.31. The number of para-hydroxylation sites is 2. The number of methoxy groups -OCH3 is 1. The Kier molecular flexibility index (Phi) is 4.13. The zero-order valence-electron chi connectivity index (χ0n) is 14.5. The lowest BCUT2D eigenvalue weighted by Crippen LogP contribution is -2.39. The largest absolute Gasteiger partial charge is 0.495 e. The summed E-state index contributed by atoms with van der Waals surface area (Å²) >= 11 is 0. The van der Waals surface area contributed by atoms with Gasteiger partial charge >= 0.3 is 0 Å². The Bertz CT molecular complexity index is 869. The molecule has 0 amide bonds. The van der Waals surface area contributed by atoms with E-state index in [1.807, 2.05) is 37.3 Å². The van der Waals surface area contributed by atoms with Crippen LogP contribution >= 0.6 is 0 Å². The molecule has 1 aliphatic heterocycles. The zero-order chi connectivity index (χ0) is 17.2. The number of ether oxygens (including phenoxy) is 1. The monoisotopic (exact) mass is 338 g/mol. The molecule has 25 heavy (non-hydrogen) atoms. The van der Waals surface area contributed by atoms with Crippen molar-refractivity contribution in [1.82, 2.24) is 19.8 Å². The molecule has 1 N–H and O–H groups in total. The Balaban J connectivity index is 1.43. The Morgan fingerprint density at radius 1 is 1.08 bits per heavy atom. The van der Waals surface area contributed by atoms with E-state index >= 15 is 0 Å². The quantitative estimate of drug-likeness (QED) is 0.788. The lowest BCUT2D eigenvalue weighted by Gasteiger charge is -2.33. The summed E-state index contributed by atoms with van der Waals surface area (Å²) in [6, 6.07) is 12.5. The van der Waals surface area contributed by atoms with Gasteiger partial charge in [-0.15, -0.1) is 15.3 Å². The molecule has 0 aliphatic carbocycles. The first kappa shape index (κ1) is 15.7. The number of benzene rings is 1. The number of rotatable bonds is 4. The lowest BCUT2D eigenvalue weighted by molar-refractivity contribution is 0.415. The summed E-state index contributed by atoms with van der Waals surface area (Å²) in [5.41, 5.74) is 1.84. The van der Waals surface area contributed by atoms with Crippen LogP contribution < -0.4 is 15.0 Å². The van der Waals surface area contributed by atoms with Gasteiger partial charge in [-0.25, -0.2) is 0 Å². The molecule has 1 saturated heterocycles. The Labute approximate surface area is 146 Å². The molecule has 7 heteroatoms. The van der Waals surface area contributed by atoms with E-state index in [1.54, 1.807) is 11.6 Å². The number of aryl methyl sites for hydroxylation is 1. The first-order valence-corrected chi connectivity index (χ1v) is 8.58. The third kappa shape index (κ3) is 3.09. The van der Waals surface area contributed by atoms with Crippen LogP contribution in [0.1, 0.15) is 18.7 Å². The number of piperidine rings is 1. The molecule has 3 heterocycles. The summed E-state index contributed by atoms with van der Waals surface area (Å²) in [6.45, 7) is 3.85. The summed E-state index contributed by atoms with van der Waals surface area (Å²) in [4.78, 5) is 2.32. The summed E-state index contributed by atoms with van der Waals surface area (Å²) in [5.74, 6) is 2.68. The van der Waals surface area contributed by atoms with Crippen molar-refractivity contribution in [3.05, 3.63) is 42.2 Å². The fourth-order valence-corrected chi connectivity index (χ4v) is 3.29. The van der Waals surface area contributed by atoms with Crippen molar-refractivity contribution in [3.8, 4) is 5.75 Å². The van der Waals surface area contributed by atoms with Gasteiger partial charge in [-0.3, -0.25) is 0 Å². The highest BCUT2D eigenvalue weighted by atomic mass is 16.5. The van der Waals surface area contributed by atoms with Gasteiger partial charge in [-0.05, 0) is 44.0 Å². The van der Waals surface area contributed by atoms with Crippen molar-refractivity contribution >= 4 is 17.2 Å². The summed E-state index contributed by atoms with van der Waals surface area (Å²) in [6.07, 6.45) is 2.11. The molecule has 3 aromatic rings. The highest BCUT2D eigenvalue weighted by molar-refractivity contribution is 5.57. The Hall–Kier alpha value is -2.83. The van der Waals surface area contributed by atoms with Gasteiger partial charge in [-0.1, -0.05) is 12.1 Å². The van der Waals surface area contributed by atoms with Gasteiger partial charge in [0.15, 0.2) is 11.5 Å². The van der Waals surface area contributed by atoms with Crippen LogP contribution in [-0.4, -0.2) is 46.1 Å². The zero-order valence-corrected chi connectivity index (χ0v) is 14.5. The first-order valence-electron chi connectivity index (χ1n) is 8.58. The van der Waals surface area contributed by atoms with E-state index in [2.05, 4.69) is 31.6 Å². The molecule has 1 aromatic carbocycles. The molecule has 0 spiro atoms. The van der Waals surface area contributed by atoms with E-state index in [0.29, 0.717) is 6.04 Å². The van der Waals surface area contributed by atoms with Gasteiger partial charge in [-0.2, -0.15) is 4.52 Å². The van der Waals surface area contributed by atoms with Gasteiger partial charge in [0.05, 0.1) is 12.8 Å². The highest BCUT2D eigenvalue weighted by Crippen LogP contribution is 2.27. The minimum atomic E-state index is 0.438. The molecule has 7 nitrogen and oxygen atoms in total. The summed E-state index contributed by atoms with van der Waals surface area (Å²) < 4.78 is 7.22. The highest BCUT2D eigenvalue weighted by Gasteiger charge is 2.21. The number of nitrogens with one attached hydrogen (secondary N) is 1. The van der Waals surface area contributed by atoms with Crippen LogP contribution in [0, 0.1) is 6.92 Å². The smallest absolute Gasteiger partial charge is 0.178 e. The molecule has 1 aliphatic rings. The Morgan fingerprint density at radius 2 is 1.88 bits per heavy atom. The normalized spacial score (nSPS) is 15.5. The third-order valence-electron chi connectivity index (χ3n) is 4.69. The van der Waals surface area contributed by atoms with Gasteiger partial charge in [0.25, 0.3) is 0 Å². The molecule has 1 fully saturated rings. The molecule has 0 bridgehead atoms. The van der Waals surface area contributed by atoms with Crippen LogP contribution in [-0.2, 0) is 0 Å². The predicted molar refractivity (Wildman–Crippen MR) is 97.4 cm³/mol. The second kappa shape index (κ2) is 6.58. The summed E-state index contributed by atoms with van der Waals surface area (Å²) in [7, 11) is 1.71. The van der Waals surface area contributed by atoms with E-state index in [9.17, 15) is 0 Å². The summed E-state index contributed by atoms with van der Waals surface area (Å²) in [5, 5.41) is 16.4. The van der Waals surface area contributed by atoms with Gasteiger partial charge in [0.2, 0.25) is 0 Å². The van der Waals surface area contributed by atoms with Crippen molar-refractivity contribution < 1.29 is 4.74 Å². The molecule has 130 valence electrons. The van der Waals surface area contributed by atoms with Crippen molar-refractivity contribution in [3.63, 3.8) is 0 Å². The van der Waals surface area contributed by atoms with E-state index in [-0.39, 0.29) is 0 Å². The van der Waals surface area contributed by atoms with Crippen LogP contribution in [0.2, 0.25) is 0 Å². The molecule has 0 unspecified atom stereocenters. The van der Waals surface area contributed by atoms with Crippen molar-refractivity contribution in [2.24, 2.45) is 0 Å². The van der Waals surface area contributed by atoms with Gasteiger partial charge < -0.3 is 15.0 Å². The number of hydrogen-bond donors (Lipinski definition) is 1. The maximum atomic E-state index is 5.42.